The Morgan fingerprint density at radius 2 is 2.08 bits per heavy atom. The van der Waals surface area contributed by atoms with Crippen molar-refractivity contribution in [2.45, 2.75) is 46.1 Å². The fourth-order valence-electron chi connectivity index (χ4n) is 2.23. The monoisotopic (exact) mass is 185 g/mol. The molecule has 1 unspecified atom stereocenters. The highest BCUT2D eigenvalue weighted by molar-refractivity contribution is 4.78. The molecule has 0 radical (unpaired) electrons. The smallest absolute Gasteiger partial charge is 0.0639 e. The van der Waals surface area contributed by atoms with E-state index < -0.39 is 0 Å². The van der Waals surface area contributed by atoms with E-state index in [4.69, 9.17) is 0 Å². The molecule has 0 aliphatic carbocycles. The summed E-state index contributed by atoms with van der Waals surface area (Å²) in [5.41, 5.74) is 0.436. The van der Waals surface area contributed by atoms with Gasteiger partial charge in [-0.3, -0.25) is 0 Å². The van der Waals surface area contributed by atoms with Gasteiger partial charge in [0.15, 0.2) is 0 Å². The van der Waals surface area contributed by atoms with Crippen molar-refractivity contribution in [2.24, 2.45) is 5.41 Å². The maximum Gasteiger partial charge on any atom is 0.0639 e. The molecule has 0 saturated carbocycles. The molecule has 0 aromatic carbocycles. The van der Waals surface area contributed by atoms with Gasteiger partial charge in [0.05, 0.1) is 6.10 Å². The number of nitrogens with zero attached hydrogens (tertiary/aromatic N) is 1. The number of hydrogen-bond donors (Lipinski definition) is 1. The minimum atomic E-state index is -0.186. The minimum Gasteiger partial charge on any atom is -0.392 e. The summed E-state index contributed by atoms with van der Waals surface area (Å²) in [5, 5.41) is 9.32. The van der Waals surface area contributed by atoms with Crippen LogP contribution in [0.1, 0.15) is 40.0 Å². The van der Waals surface area contributed by atoms with Crippen LogP contribution in [0.4, 0.5) is 0 Å². The Morgan fingerprint density at radius 1 is 1.38 bits per heavy atom. The maximum absolute atomic E-state index is 9.32. The number of hydrogen-bond acceptors (Lipinski definition) is 2. The van der Waals surface area contributed by atoms with Crippen LogP contribution in [0, 0.1) is 5.41 Å². The first-order valence-corrected chi connectivity index (χ1v) is 5.40. The summed E-state index contributed by atoms with van der Waals surface area (Å²) in [7, 11) is 0. The summed E-state index contributed by atoms with van der Waals surface area (Å²) < 4.78 is 0. The summed E-state index contributed by atoms with van der Waals surface area (Å²) in [4.78, 5) is 2.40. The van der Waals surface area contributed by atoms with Crippen LogP contribution in [0.2, 0.25) is 0 Å². The van der Waals surface area contributed by atoms with E-state index in [9.17, 15) is 5.11 Å². The first-order chi connectivity index (χ1) is 5.99. The molecule has 0 aromatic heterocycles. The molecule has 0 aromatic rings. The van der Waals surface area contributed by atoms with Gasteiger partial charge in [-0.05, 0) is 31.7 Å². The van der Waals surface area contributed by atoms with E-state index in [-0.39, 0.29) is 6.10 Å². The topological polar surface area (TPSA) is 23.5 Å². The zero-order valence-corrected chi connectivity index (χ0v) is 9.21. The second kappa shape index (κ2) is 4.43. The largest absolute Gasteiger partial charge is 0.392 e. The van der Waals surface area contributed by atoms with Crippen LogP contribution in [0.15, 0.2) is 0 Å². The third-order valence-electron chi connectivity index (χ3n) is 2.75. The second-order valence-electron chi connectivity index (χ2n) is 5.21. The van der Waals surface area contributed by atoms with E-state index in [1.807, 2.05) is 6.92 Å². The number of β-amino-alcohol motifs (C(OH)–C–C–N with tert-alkyl or cyclic N) is 1. The number of aliphatic hydroxyl groups excluding tert-OH is 1. The molecule has 2 heteroatoms. The van der Waals surface area contributed by atoms with Crippen molar-refractivity contribution >= 4 is 0 Å². The Balaban J connectivity index is 2.45. The molecule has 1 aliphatic rings. The Kier molecular flexibility index (Phi) is 3.74. The highest BCUT2D eigenvalue weighted by Gasteiger charge is 2.24. The molecule has 1 saturated heterocycles. The molecular weight excluding hydrogens is 162 g/mol. The van der Waals surface area contributed by atoms with Gasteiger partial charge in [-0.25, -0.2) is 0 Å². The van der Waals surface area contributed by atoms with Crippen molar-refractivity contribution in [1.82, 2.24) is 4.90 Å². The van der Waals surface area contributed by atoms with Gasteiger partial charge in [-0.2, -0.15) is 0 Å². The molecule has 0 amide bonds. The van der Waals surface area contributed by atoms with Crippen LogP contribution in [-0.2, 0) is 0 Å². The van der Waals surface area contributed by atoms with Gasteiger partial charge in [0.1, 0.15) is 0 Å². The quantitative estimate of drug-likeness (QED) is 0.710. The normalized spacial score (nSPS) is 26.8. The third kappa shape index (κ3) is 4.10. The minimum absolute atomic E-state index is 0.186. The zero-order valence-electron chi connectivity index (χ0n) is 9.21. The molecule has 78 valence electrons. The van der Waals surface area contributed by atoms with Crippen LogP contribution in [0.5, 0.6) is 0 Å². The van der Waals surface area contributed by atoms with Gasteiger partial charge in [-0.15, -0.1) is 0 Å². The lowest BCUT2D eigenvalue weighted by Gasteiger charge is -2.30. The number of likely N-dealkylation sites (tertiary alicyclic amines) is 1. The summed E-state index contributed by atoms with van der Waals surface area (Å²) >= 11 is 0. The van der Waals surface area contributed by atoms with Gasteiger partial charge in [-0.1, -0.05) is 20.3 Å². The second-order valence-corrected chi connectivity index (χ2v) is 5.21. The fourth-order valence-corrected chi connectivity index (χ4v) is 2.23. The van der Waals surface area contributed by atoms with Crippen molar-refractivity contribution in [3.63, 3.8) is 0 Å². The number of aliphatic hydroxyl groups is 1. The van der Waals surface area contributed by atoms with Crippen molar-refractivity contribution in [3.05, 3.63) is 0 Å². The Bertz CT molecular complexity index is 154. The molecule has 1 aliphatic heterocycles. The first-order valence-electron chi connectivity index (χ1n) is 5.40. The molecular formula is C11H23NO. The Hall–Kier alpha value is -0.0800. The maximum atomic E-state index is 9.32. The van der Waals surface area contributed by atoms with E-state index in [0.717, 1.165) is 19.6 Å². The van der Waals surface area contributed by atoms with Gasteiger partial charge >= 0.3 is 0 Å². The van der Waals surface area contributed by atoms with E-state index in [2.05, 4.69) is 18.7 Å². The summed E-state index contributed by atoms with van der Waals surface area (Å²) in [5.74, 6) is 0. The lowest BCUT2D eigenvalue weighted by atomic mass is 9.88. The average molecular weight is 185 g/mol. The van der Waals surface area contributed by atoms with Crippen molar-refractivity contribution in [3.8, 4) is 0 Å². The molecule has 0 bridgehead atoms. The molecule has 1 fully saturated rings. The molecule has 1 heterocycles. The predicted molar refractivity (Wildman–Crippen MR) is 55.8 cm³/mol. The van der Waals surface area contributed by atoms with E-state index >= 15 is 0 Å². The van der Waals surface area contributed by atoms with Crippen molar-refractivity contribution in [1.29, 1.82) is 0 Å². The average Bonchev–Trinajstić information content (AvgIpc) is 2.09. The van der Waals surface area contributed by atoms with E-state index in [1.54, 1.807) is 0 Å². The van der Waals surface area contributed by atoms with E-state index in [0.29, 0.717) is 5.41 Å². The molecule has 2 nitrogen and oxygen atoms in total. The van der Waals surface area contributed by atoms with Crippen molar-refractivity contribution < 1.29 is 5.11 Å². The molecule has 0 spiro atoms. The molecule has 1 atom stereocenters. The standard InChI is InChI=1S/C11H23NO/c1-10(13)8-12-7-5-4-6-11(2,3)9-12/h10,13H,4-9H2,1-3H3. The summed E-state index contributed by atoms with van der Waals surface area (Å²) in [6.45, 7) is 9.66. The highest BCUT2D eigenvalue weighted by Crippen LogP contribution is 2.27. The molecule has 13 heavy (non-hydrogen) atoms. The van der Waals surface area contributed by atoms with Gasteiger partial charge in [0, 0.05) is 13.1 Å². The fraction of sp³-hybridized carbons (Fsp3) is 1.00. The van der Waals surface area contributed by atoms with Gasteiger partial charge in [0.25, 0.3) is 0 Å². The lowest BCUT2D eigenvalue weighted by molar-refractivity contribution is 0.107. The zero-order chi connectivity index (χ0) is 9.90. The molecule has 1 rings (SSSR count). The summed E-state index contributed by atoms with van der Waals surface area (Å²) in [6.07, 6.45) is 3.76. The van der Waals surface area contributed by atoms with Crippen LogP contribution in [0.3, 0.4) is 0 Å². The van der Waals surface area contributed by atoms with Crippen LogP contribution in [0.25, 0.3) is 0 Å². The lowest BCUT2D eigenvalue weighted by Crippen LogP contribution is -2.37. The molecule has 1 N–H and O–H groups in total. The highest BCUT2D eigenvalue weighted by atomic mass is 16.3. The predicted octanol–water partition coefficient (Wildman–Crippen LogP) is 1.88. The van der Waals surface area contributed by atoms with Crippen molar-refractivity contribution in [2.75, 3.05) is 19.6 Å². The Labute approximate surface area is 81.9 Å². The summed E-state index contributed by atoms with van der Waals surface area (Å²) in [6, 6.07) is 0. The van der Waals surface area contributed by atoms with Gasteiger partial charge in [0.2, 0.25) is 0 Å². The Morgan fingerprint density at radius 3 is 2.69 bits per heavy atom. The van der Waals surface area contributed by atoms with Crippen LogP contribution < -0.4 is 0 Å². The van der Waals surface area contributed by atoms with E-state index in [1.165, 1.54) is 19.3 Å². The number of rotatable bonds is 2. The first kappa shape index (κ1) is 11.0. The third-order valence-corrected chi connectivity index (χ3v) is 2.75. The SMILES string of the molecule is CC(O)CN1CCCCC(C)(C)C1. The van der Waals surface area contributed by atoms with Crippen LogP contribution >= 0.6 is 0 Å². The van der Waals surface area contributed by atoms with Gasteiger partial charge < -0.3 is 10.0 Å². The van der Waals surface area contributed by atoms with Crippen LogP contribution in [-0.4, -0.2) is 35.7 Å².